The molecule has 1 saturated heterocycles. The zero-order valence-corrected chi connectivity index (χ0v) is 11.9. The van der Waals surface area contributed by atoms with Gasteiger partial charge in [0.15, 0.2) is 10.8 Å². The van der Waals surface area contributed by atoms with Gasteiger partial charge in [0.1, 0.15) is 18.4 Å². The predicted octanol–water partition coefficient (Wildman–Crippen LogP) is 1.81. The summed E-state index contributed by atoms with van der Waals surface area (Å²) in [6.07, 6.45) is -0.376. The fourth-order valence-electron chi connectivity index (χ4n) is 2.15. The summed E-state index contributed by atoms with van der Waals surface area (Å²) in [7, 11) is 0. The number of furan rings is 1. The molecule has 1 aliphatic heterocycles. The molecule has 0 aliphatic carbocycles. The summed E-state index contributed by atoms with van der Waals surface area (Å²) in [4.78, 5) is 24.7. The number of carboxylic acids is 1. The third-order valence-corrected chi connectivity index (χ3v) is 3.35. The molecular formula is C12H14BrNO5. The zero-order valence-electron chi connectivity index (χ0n) is 10.3. The molecule has 2 unspecified atom stereocenters. The van der Waals surface area contributed by atoms with Crippen molar-refractivity contribution in [1.29, 1.82) is 0 Å². The molecule has 1 amide bonds. The number of carbonyl (C=O) groups excluding carboxylic acids is 1. The number of carbonyl (C=O) groups is 2. The molecule has 19 heavy (non-hydrogen) atoms. The first-order valence-corrected chi connectivity index (χ1v) is 6.73. The average molecular weight is 332 g/mol. The molecule has 0 bridgehead atoms. The molecule has 2 atom stereocenters. The van der Waals surface area contributed by atoms with E-state index in [0.717, 1.165) is 6.42 Å². The Bertz CT molecular complexity index is 486. The van der Waals surface area contributed by atoms with Crippen LogP contribution in [-0.4, -0.2) is 41.1 Å². The fourth-order valence-corrected chi connectivity index (χ4v) is 2.47. The number of carboxylic acid groups (broad SMARTS) is 1. The minimum absolute atomic E-state index is 0.213. The van der Waals surface area contributed by atoms with Gasteiger partial charge in [-0.1, -0.05) is 6.92 Å². The summed E-state index contributed by atoms with van der Waals surface area (Å²) in [5.41, 5.74) is 0. The van der Waals surface area contributed by atoms with Crippen molar-refractivity contribution in [2.75, 3.05) is 13.2 Å². The highest BCUT2D eigenvalue weighted by molar-refractivity contribution is 9.10. The minimum atomic E-state index is -1.11. The molecule has 0 saturated carbocycles. The van der Waals surface area contributed by atoms with Crippen LogP contribution in [0.3, 0.4) is 0 Å². The molecule has 0 spiro atoms. The highest BCUT2D eigenvalue weighted by Gasteiger charge is 2.43. The van der Waals surface area contributed by atoms with Crippen LogP contribution in [0.25, 0.3) is 0 Å². The van der Waals surface area contributed by atoms with Crippen molar-refractivity contribution in [2.45, 2.75) is 25.5 Å². The molecule has 1 aliphatic rings. The van der Waals surface area contributed by atoms with Crippen LogP contribution in [0.5, 0.6) is 0 Å². The lowest BCUT2D eigenvalue weighted by atomic mass is 10.0. The second-order valence-electron chi connectivity index (χ2n) is 4.24. The van der Waals surface area contributed by atoms with Crippen molar-refractivity contribution in [2.24, 2.45) is 0 Å². The van der Waals surface area contributed by atoms with Gasteiger partial charge in [0, 0.05) is 6.54 Å². The highest BCUT2D eigenvalue weighted by Crippen LogP contribution is 2.32. The van der Waals surface area contributed by atoms with E-state index in [-0.39, 0.29) is 12.5 Å². The first-order chi connectivity index (χ1) is 9.04. The van der Waals surface area contributed by atoms with Gasteiger partial charge in [-0.25, -0.2) is 4.79 Å². The summed E-state index contributed by atoms with van der Waals surface area (Å²) in [5.74, 6) is -0.927. The van der Waals surface area contributed by atoms with Gasteiger partial charge in [0.2, 0.25) is 5.91 Å². The SMILES string of the molecule is CCCN1C(=O)COC(C(=O)O)C1c1ccc(Br)o1. The number of morpholine rings is 1. The Morgan fingerprint density at radius 3 is 2.84 bits per heavy atom. The number of aliphatic carboxylic acids is 1. The van der Waals surface area contributed by atoms with E-state index in [2.05, 4.69) is 15.9 Å². The summed E-state index contributed by atoms with van der Waals surface area (Å²) in [6.45, 7) is 2.18. The van der Waals surface area contributed by atoms with E-state index in [1.165, 1.54) is 4.90 Å². The fraction of sp³-hybridized carbons (Fsp3) is 0.500. The zero-order chi connectivity index (χ0) is 14.0. The van der Waals surface area contributed by atoms with Crippen LogP contribution in [-0.2, 0) is 14.3 Å². The molecule has 0 aromatic carbocycles. The topological polar surface area (TPSA) is 80.0 Å². The molecule has 1 N–H and O–H groups in total. The van der Waals surface area contributed by atoms with E-state index < -0.39 is 18.1 Å². The third-order valence-electron chi connectivity index (χ3n) is 2.92. The lowest BCUT2D eigenvalue weighted by molar-refractivity contribution is -0.174. The van der Waals surface area contributed by atoms with E-state index in [0.29, 0.717) is 17.0 Å². The van der Waals surface area contributed by atoms with Gasteiger partial charge in [0.05, 0.1) is 0 Å². The Kier molecular flexibility index (Phi) is 4.26. The van der Waals surface area contributed by atoms with Gasteiger partial charge < -0.3 is 19.2 Å². The van der Waals surface area contributed by atoms with Crippen molar-refractivity contribution < 1.29 is 23.8 Å². The summed E-state index contributed by atoms with van der Waals surface area (Å²) < 4.78 is 11.0. The number of hydrogen-bond donors (Lipinski definition) is 1. The van der Waals surface area contributed by atoms with E-state index in [1.807, 2.05) is 6.92 Å². The Labute approximate surface area is 118 Å². The smallest absolute Gasteiger partial charge is 0.335 e. The minimum Gasteiger partial charge on any atom is -0.479 e. The standard InChI is InChI=1S/C12H14BrNO5/c1-2-5-14-9(15)6-18-11(12(16)17)10(14)7-3-4-8(13)19-7/h3-4,10-11H,2,5-6H2,1H3,(H,16,17). The molecule has 1 aromatic heterocycles. The third kappa shape index (κ3) is 2.82. The second kappa shape index (κ2) is 5.75. The van der Waals surface area contributed by atoms with E-state index in [9.17, 15) is 14.7 Å². The number of amides is 1. The summed E-state index contributed by atoms with van der Waals surface area (Å²) in [6, 6.07) is 2.58. The Morgan fingerprint density at radius 1 is 1.58 bits per heavy atom. The van der Waals surface area contributed by atoms with Crippen molar-refractivity contribution in [3.63, 3.8) is 0 Å². The van der Waals surface area contributed by atoms with Crippen molar-refractivity contribution >= 4 is 27.8 Å². The molecule has 104 valence electrons. The van der Waals surface area contributed by atoms with Crippen LogP contribution in [0.1, 0.15) is 25.1 Å². The maximum atomic E-state index is 11.9. The van der Waals surface area contributed by atoms with Crippen LogP contribution in [0, 0.1) is 0 Å². The molecule has 6 nitrogen and oxygen atoms in total. The lowest BCUT2D eigenvalue weighted by Crippen LogP contribution is -2.51. The molecule has 2 heterocycles. The first-order valence-electron chi connectivity index (χ1n) is 5.93. The molecule has 0 radical (unpaired) electrons. The molecule has 2 rings (SSSR count). The maximum Gasteiger partial charge on any atom is 0.335 e. The summed E-state index contributed by atoms with van der Waals surface area (Å²) in [5, 5.41) is 9.23. The molecular weight excluding hydrogens is 318 g/mol. The van der Waals surface area contributed by atoms with Gasteiger partial charge >= 0.3 is 5.97 Å². The number of halogens is 1. The molecule has 1 fully saturated rings. The largest absolute Gasteiger partial charge is 0.479 e. The van der Waals surface area contributed by atoms with Crippen LogP contribution < -0.4 is 0 Å². The summed E-state index contributed by atoms with van der Waals surface area (Å²) >= 11 is 3.17. The Hall–Kier alpha value is -1.34. The van der Waals surface area contributed by atoms with Crippen molar-refractivity contribution in [1.82, 2.24) is 4.90 Å². The van der Waals surface area contributed by atoms with Crippen molar-refractivity contribution in [3.8, 4) is 0 Å². The average Bonchev–Trinajstić information content (AvgIpc) is 2.78. The van der Waals surface area contributed by atoms with E-state index in [1.54, 1.807) is 12.1 Å². The molecule has 7 heteroatoms. The quantitative estimate of drug-likeness (QED) is 0.910. The second-order valence-corrected chi connectivity index (χ2v) is 5.03. The Balaban J connectivity index is 2.37. The first kappa shape index (κ1) is 14.1. The molecule has 1 aromatic rings. The van der Waals surface area contributed by atoms with Gasteiger partial charge in [0.25, 0.3) is 0 Å². The van der Waals surface area contributed by atoms with Crippen LogP contribution in [0.15, 0.2) is 21.2 Å². The van der Waals surface area contributed by atoms with Gasteiger partial charge in [-0.2, -0.15) is 0 Å². The van der Waals surface area contributed by atoms with E-state index in [4.69, 9.17) is 9.15 Å². The maximum absolute atomic E-state index is 11.9. The number of hydrogen-bond acceptors (Lipinski definition) is 4. The lowest BCUT2D eigenvalue weighted by Gasteiger charge is -2.37. The number of nitrogens with zero attached hydrogens (tertiary/aromatic N) is 1. The number of rotatable bonds is 4. The van der Waals surface area contributed by atoms with Crippen LogP contribution >= 0.6 is 15.9 Å². The van der Waals surface area contributed by atoms with E-state index >= 15 is 0 Å². The monoisotopic (exact) mass is 331 g/mol. The van der Waals surface area contributed by atoms with Crippen LogP contribution in [0.4, 0.5) is 0 Å². The van der Waals surface area contributed by atoms with Gasteiger partial charge in [-0.3, -0.25) is 4.79 Å². The van der Waals surface area contributed by atoms with Crippen molar-refractivity contribution in [3.05, 3.63) is 22.6 Å². The van der Waals surface area contributed by atoms with Gasteiger partial charge in [-0.15, -0.1) is 0 Å². The van der Waals surface area contributed by atoms with Crippen LogP contribution in [0.2, 0.25) is 0 Å². The van der Waals surface area contributed by atoms with Gasteiger partial charge in [-0.05, 0) is 34.5 Å². The predicted molar refractivity (Wildman–Crippen MR) is 68.5 cm³/mol. The number of ether oxygens (including phenoxy) is 1. The Morgan fingerprint density at radius 2 is 2.32 bits per heavy atom. The normalized spacial score (nSPS) is 23.7. The highest BCUT2D eigenvalue weighted by atomic mass is 79.9.